The molecular weight excluding hydrogens is 303 g/mol. The Morgan fingerprint density at radius 3 is 2.62 bits per heavy atom. The van der Waals surface area contributed by atoms with E-state index in [0.29, 0.717) is 17.8 Å². The minimum Gasteiger partial charge on any atom is -0.393 e. The van der Waals surface area contributed by atoms with Crippen LogP contribution in [0.25, 0.3) is 0 Å². The summed E-state index contributed by atoms with van der Waals surface area (Å²) in [5.74, 6) is 1.60. The predicted octanol–water partition coefficient (Wildman–Crippen LogP) is 4.53. The van der Waals surface area contributed by atoms with Crippen molar-refractivity contribution in [3.05, 3.63) is 23.0 Å². The Hall–Kier alpha value is -0.670. The van der Waals surface area contributed by atoms with Crippen LogP contribution in [0.15, 0.2) is 23.0 Å². The number of rotatable bonds is 1. The molecule has 0 saturated heterocycles. The highest BCUT2D eigenvalue weighted by molar-refractivity contribution is 5.30. The summed E-state index contributed by atoms with van der Waals surface area (Å²) in [7, 11) is 0. The first kappa shape index (κ1) is 16.8. The monoisotopic (exact) mass is 334 g/mol. The summed E-state index contributed by atoms with van der Waals surface area (Å²) in [4.78, 5) is 0. The molecule has 3 heteroatoms. The van der Waals surface area contributed by atoms with Crippen molar-refractivity contribution in [2.24, 2.45) is 28.6 Å². The van der Waals surface area contributed by atoms with Crippen LogP contribution in [-0.2, 0) is 0 Å². The fourth-order valence-corrected chi connectivity index (χ4v) is 7.00. The van der Waals surface area contributed by atoms with Crippen LogP contribution in [0.4, 0.5) is 4.39 Å². The first-order valence-electron chi connectivity index (χ1n) is 9.76. The van der Waals surface area contributed by atoms with Crippen molar-refractivity contribution in [1.82, 2.24) is 0 Å². The highest BCUT2D eigenvalue weighted by Gasteiger charge is 2.57. The summed E-state index contributed by atoms with van der Waals surface area (Å²) in [6.45, 7) is 4.23. The molecule has 0 bridgehead atoms. The van der Waals surface area contributed by atoms with E-state index in [9.17, 15) is 14.6 Å². The van der Waals surface area contributed by atoms with Crippen LogP contribution in [0.3, 0.4) is 0 Å². The molecule has 4 aliphatic carbocycles. The average molecular weight is 334 g/mol. The molecule has 2 nitrogen and oxygen atoms in total. The molecule has 0 aromatic heterocycles. The standard InChI is InChI=1S/C21H31FO2/c1-20-9-7-14(24)11-13(20)3-4-15-16-5-6-18(19(22)12-23)21(16,2)10-8-17(15)20/h3,14-17,23-24H,4-12H2,1-2H3/t14-,15?,16?,17?,20-,21-/m0/s1. The van der Waals surface area contributed by atoms with E-state index in [1.54, 1.807) is 0 Å². The van der Waals surface area contributed by atoms with Gasteiger partial charge >= 0.3 is 0 Å². The molecule has 0 amide bonds. The predicted molar refractivity (Wildman–Crippen MR) is 92.9 cm³/mol. The van der Waals surface area contributed by atoms with Crippen molar-refractivity contribution in [3.63, 3.8) is 0 Å². The normalized spacial score (nSPS) is 49.8. The Labute approximate surface area is 144 Å². The molecule has 0 spiro atoms. The minimum atomic E-state index is -0.439. The molecule has 3 fully saturated rings. The third-order valence-corrected chi connectivity index (χ3v) is 8.33. The molecule has 3 saturated carbocycles. The molecule has 6 atom stereocenters. The lowest BCUT2D eigenvalue weighted by atomic mass is 9.48. The molecule has 2 N–H and O–H groups in total. The largest absolute Gasteiger partial charge is 0.393 e. The molecule has 3 unspecified atom stereocenters. The zero-order chi connectivity index (χ0) is 17.1. The lowest BCUT2D eigenvalue weighted by Gasteiger charge is -2.57. The second-order valence-corrected chi connectivity index (χ2v) is 9.19. The first-order valence-corrected chi connectivity index (χ1v) is 9.76. The van der Waals surface area contributed by atoms with Gasteiger partial charge in [-0.25, -0.2) is 4.39 Å². The maximum absolute atomic E-state index is 14.3. The van der Waals surface area contributed by atoms with E-state index in [4.69, 9.17) is 0 Å². The topological polar surface area (TPSA) is 40.5 Å². The van der Waals surface area contributed by atoms with E-state index in [-0.39, 0.29) is 22.8 Å². The second-order valence-electron chi connectivity index (χ2n) is 9.19. The summed E-state index contributed by atoms with van der Waals surface area (Å²) in [6, 6.07) is 0. The number of aliphatic hydroxyl groups excluding tert-OH is 2. The van der Waals surface area contributed by atoms with Crippen LogP contribution in [-0.4, -0.2) is 22.9 Å². The third kappa shape index (κ3) is 2.20. The van der Waals surface area contributed by atoms with Crippen molar-refractivity contribution < 1.29 is 14.6 Å². The summed E-state index contributed by atoms with van der Waals surface area (Å²) in [6.07, 6.45) is 10.3. The summed E-state index contributed by atoms with van der Waals surface area (Å²) in [5.41, 5.74) is 2.59. The van der Waals surface area contributed by atoms with E-state index in [1.165, 1.54) is 5.57 Å². The van der Waals surface area contributed by atoms with E-state index >= 15 is 0 Å². The Balaban J connectivity index is 1.68. The van der Waals surface area contributed by atoms with Gasteiger partial charge in [-0.05, 0) is 85.5 Å². The van der Waals surface area contributed by atoms with Gasteiger partial charge in [-0.15, -0.1) is 0 Å². The number of allylic oxidation sites excluding steroid dienone is 2. The van der Waals surface area contributed by atoms with Gasteiger partial charge in [-0.3, -0.25) is 0 Å². The number of halogens is 1. The summed E-state index contributed by atoms with van der Waals surface area (Å²) >= 11 is 0. The number of hydrogen-bond acceptors (Lipinski definition) is 2. The lowest BCUT2D eigenvalue weighted by Crippen LogP contribution is -2.49. The van der Waals surface area contributed by atoms with Gasteiger partial charge in [-0.2, -0.15) is 0 Å². The Bertz CT molecular complexity index is 595. The molecule has 0 aromatic rings. The molecule has 0 aliphatic heterocycles. The Morgan fingerprint density at radius 2 is 1.88 bits per heavy atom. The van der Waals surface area contributed by atoms with Gasteiger partial charge in [0, 0.05) is 0 Å². The highest BCUT2D eigenvalue weighted by Crippen LogP contribution is 2.66. The maximum Gasteiger partial charge on any atom is 0.125 e. The van der Waals surface area contributed by atoms with Gasteiger partial charge in [0.1, 0.15) is 5.83 Å². The minimum absolute atomic E-state index is 0.0517. The molecule has 4 aliphatic rings. The van der Waals surface area contributed by atoms with Crippen LogP contribution < -0.4 is 0 Å². The highest BCUT2D eigenvalue weighted by atomic mass is 19.1. The smallest absolute Gasteiger partial charge is 0.125 e. The summed E-state index contributed by atoms with van der Waals surface area (Å²) in [5, 5.41) is 19.3. The quantitative estimate of drug-likeness (QED) is 0.692. The van der Waals surface area contributed by atoms with Crippen molar-refractivity contribution in [1.29, 1.82) is 0 Å². The lowest BCUT2D eigenvalue weighted by molar-refractivity contribution is -0.0274. The maximum atomic E-state index is 14.3. The van der Waals surface area contributed by atoms with Crippen LogP contribution in [0.2, 0.25) is 0 Å². The van der Waals surface area contributed by atoms with Crippen LogP contribution >= 0.6 is 0 Å². The van der Waals surface area contributed by atoms with E-state index < -0.39 is 6.61 Å². The van der Waals surface area contributed by atoms with E-state index in [1.807, 2.05) is 0 Å². The fraction of sp³-hybridized carbons (Fsp3) is 0.810. The number of aliphatic hydroxyl groups is 2. The van der Waals surface area contributed by atoms with Crippen molar-refractivity contribution in [2.45, 2.75) is 71.3 Å². The Morgan fingerprint density at radius 1 is 1.17 bits per heavy atom. The molecule has 0 radical (unpaired) electrons. The SMILES string of the molecule is C[C@]12CC[C@H](O)CC1=CCC1C2CC[C@]2(C)C(=C(F)CO)CCC12. The van der Waals surface area contributed by atoms with Crippen molar-refractivity contribution >= 4 is 0 Å². The van der Waals surface area contributed by atoms with E-state index in [2.05, 4.69) is 19.9 Å². The zero-order valence-corrected chi connectivity index (χ0v) is 15.0. The molecule has 134 valence electrons. The van der Waals surface area contributed by atoms with Crippen molar-refractivity contribution in [3.8, 4) is 0 Å². The zero-order valence-electron chi connectivity index (χ0n) is 15.0. The van der Waals surface area contributed by atoms with Crippen LogP contribution in [0.5, 0.6) is 0 Å². The number of fused-ring (bicyclic) bond motifs is 5. The first-order chi connectivity index (χ1) is 11.4. The molecular formula is C21H31FO2. The average Bonchev–Trinajstić information content (AvgIpc) is 2.92. The van der Waals surface area contributed by atoms with Gasteiger partial charge in [-0.1, -0.05) is 25.5 Å². The van der Waals surface area contributed by atoms with Crippen LogP contribution in [0, 0.1) is 28.6 Å². The number of hydrogen-bond donors (Lipinski definition) is 2. The third-order valence-electron chi connectivity index (χ3n) is 8.33. The fourth-order valence-electron chi connectivity index (χ4n) is 7.00. The summed E-state index contributed by atoms with van der Waals surface area (Å²) < 4.78 is 14.3. The van der Waals surface area contributed by atoms with Gasteiger partial charge in [0.25, 0.3) is 0 Å². The van der Waals surface area contributed by atoms with Gasteiger partial charge in [0.05, 0.1) is 12.7 Å². The van der Waals surface area contributed by atoms with Crippen LogP contribution in [0.1, 0.15) is 65.2 Å². The molecule has 4 rings (SSSR count). The molecule has 0 heterocycles. The van der Waals surface area contributed by atoms with Gasteiger partial charge in [0.15, 0.2) is 0 Å². The van der Waals surface area contributed by atoms with E-state index in [0.717, 1.165) is 56.9 Å². The van der Waals surface area contributed by atoms with Gasteiger partial charge in [0.2, 0.25) is 0 Å². The Kier molecular flexibility index (Phi) is 3.96. The van der Waals surface area contributed by atoms with Gasteiger partial charge < -0.3 is 10.2 Å². The second kappa shape index (κ2) is 5.67. The molecule has 24 heavy (non-hydrogen) atoms. The molecule has 0 aromatic carbocycles. The van der Waals surface area contributed by atoms with Crippen molar-refractivity contribution in [2.75, 3.05) is 6.61 Å².